The molecule has 0 saturated carbocycles. The number of hydrogen-bond acceptors (Lipinski definition) is 10. The minimum atomic E-state index is -0.716. The molecule has 47 heavy (non-hydrogen) atoms. The van der Waals surface area contributed by atoms with Crippen LogP contribution in [0.3, 0.4) is 0 Å². The average molecular weight is 661 g/mol. The van der Waals surface area contributed by atoms with Crippen LogP contribution in [0.2, 0.25) is 0 Å². The number of thiazole rings is 1. The van der Waals surface area contributed by atoms with E-state index in [0.29, 0.717) is 22.9 Å². The summed E-state index contributed by atoms with van der Waals surface area (Å²) in [6, 6.07) is 8.19. The van der Waals surface area contributed by atoms with E-state index in [0.717, 1.165) is 5.56 Å². The number of amides is 4. The quantitative estimate of drug-likeness (QED) is 0.248. The molecule has 5 rings (SSSR count). The number of rotatable bonds is 5. The molecule has 14 nitrogen and oxygen atoms in total. The van der Waals surface area contributed by atoms with Crippen LogP contribution in [0.15, 0.2) is 51.2 Å². The first-order chi connectivity index (χ1) is 22.5. The van der Waals surface area contributed by atoms with Crippen molar-refractivity contribution >= 4 is 35.0 Å². The molecule has 4 bridgehead atoms. The highest BCUT2D eigenvalue weighted by Gasteiger charge is 2.28. The summed E-state index contributed by atoms with van der Waals surface area (Å²) in [5.41, 5.74) is 1.21. The van der Waals surface area contributed by atoms with E-state index in [-0.39, 0.29) is 54.8 Å². The molecule has 0 fully saturated rings. The predicted octanol–water partition coefficient (Wildman–Crippen LogP) is 2.17. The largest absolute Gasteiger partial charge is 0.446 e. The first-order valence-corrected chi connectivity index (χ1v) is 16.0. The van der Waals surface area contributed by atoms with Crippen LogP contribution in [-0.4, -0.2) is 68.1 Å². The molecule has 15 heteroatoms. The molecule has 0 unspecified atom stereocenters. The summed E-state index contributed by atoms with van der Waals surface area (Å²) in [7, 11) is 0. The number of nitrogens with zero attached hydrogens (tertiary/aromatic N) is 4. The number of hydrogen-bond donors (Lipinski definition) is 4. The van der Waals surface area contributed by atoms with Gasteiger partial charge in [-0.05, 0) is 25.3 Å². The zero-order valence-electron chi connectivity index (χ0n) is 26.5. The number of fused-ring (bicyclic) bond motifs is 4. The predicted molar refractivity (Wildman–Crippen MR) is 172 cm³/mol. The van der Waals surface area contributed by atoms with Crippen LogP contribution in [-0.2, 0) is 22.4 Å². The summed E-state index contributed by atoms with van der Waals surface area (Å²) >= 11 is 1.23. The monoisotopic (exact) mass is 660 g/mol. The van der Waals surface area contributed by atoms with Crippen molar-refractivity contribution in [2.75, 3.05) is 19.6 Å². The summed E-state index contributed by atoms with van der Waals surface area (Å²) in [5, 5.41) is 10.7. The second kappa shape index (κ2) is 14.5. The zero-order valence-corrected chi connectivity index (χ0v) is 27.3. The Balaban J connectivity index is 1.45. The van der Waals surface area contributed by atoms with Crippen molar-refractivity contribution in [2.45, 2.75) is 52.6 Å². The maximum absolute atomic E-state index is 13.5. The normalized spacial score (nSPS) is 17.8. The van der Waals surface area contributed by atoms with Crippen LogP contribution < -0.4 is 21.5 Å². The first-order valence-electron chi connectivity index (χ1n) is 15.2. The van der Waals surface area contributed by atoms with Gasteiger partial charge in [0.1, 0.15) is 28.8 Å². The van der Waals surface area contributed by atoms with Crippen molar-refractivity contribution in [1.82, 2.24) is 40.8 Å². The molecule has 2 atom stereocenters. The lowest BCUT2D eigenvalue weighted by Crippen LogP contribution is -2.46. The van der Waals surface area contributed by atoms with E-state index in [1.807, 2.05) is 44.2 Å². The maximum atomic E-state index is 13.5. The number of aromatic nitrogens is 4. The molecule has 0 spiro atoms. The highest BCUT2D eigenvalue weighted by molar-refractivity contribution is 7.09. The third kappa shape index (κ3) is 8.16. The van der Waals surface area contributed by atoms with E-state index in [1.165, 1.54) is 22.5 Å². The van der Waals surface area contributed by atoms with Crippen molar-refractivity contribution in [2.24, 2.45) is 5.92 Å². The van der Waals surface area contributed by atoms with Gasteiger partial charge in [0.05, 0.1) is 19.0 Å². The van der Waals surface area contributed by atoms with Gasteiger partial charge in [0.15, 0.2) is 5.69 Å². The number of benzene rings is 1. The fourth-order valence-corrected chi connectivity index (χ4v) is 6.20. The lowest BCUT2D eigenvalue weighted by atomic mass is 10.0. The van der Waals surface area contributed by atoms with E-state index in [9.17, 15) is 24.0 Å². The van der Waals surface area contributed by atoms with Gasteiger partial charge < -0.3 is 30.3 Å². The lowest BCUT2D eigenvalue weighted by molar-refractivity contribution is -0.135. The van der Waals surface area contributed by atoms with Crippen molar-refractivity contribution in [3.8, 4) is 0 Å². The molecule has 4 amide bonds. The van der Waals surface area contributed by atoms with Gasteiger partial charge in [-0.1, -0.05) is 44.2 Å². The Morgan fingerprint density at radius 1 is 1.02 bits per heavy atom. The molecular formula is C32H36N8O6S. The van der Waals surface area contributed by atoms with Gasteiger partial charge in [-0.2, -0.15) is 0 Å². The highest BCUT2D eigenvalue weighted by atomic mass is 32.1. The van der Waals surface area contributed by atoms with Crippen LogP contribution in [0.5, 0.6) is 0 Å². The van der Waals surface area contributed by atoms with E-state index >= 15 is 0 Å². The Hall–Kier alpha value is -5.18. The van der Waals surface area contributed by atoms with Gasteiger partial charge in [-0.25, -0.2) is 15.0 Å². The molecule has 1 aromatic carbocycles. The fraction of sp³-hybridized carbons (Fsp3) is 0.375. The molecule has 0 radical (unpaired) electrons. The van der Waals surface area contributed by atoms with Gasteiger partial charge in [-0.15, -0.1) is 11.3 Å². The van der Waals surface area contributed by atoms with Crippen molar-refractivity contribution < 1.29 is 23.6 Å². The van der Waals surface area contributed by atoms with Gasteiger partial charge in [-0.3, -0.25) is 24.0 Å². The average Bonchev–Trinajstić information content (AvgIpc) is 3.72. The third-order valence-corrected chi connectivity index (χ3v) is 8.60. The summed E-state index contributed by atoms with van der Waals surface area (Å²) in [6.45, 7) is 6.71. The zero-order chi connectivity index (χ0) is 33.7. The van der Waals surface area contributed by atoms with E-state index in [4.69, 9.17) is 4.42 Å². The Labute approximate surface area is 274 Å². The standard InChI is InChI=1S/C32H36N8O6S/c1-17(2)27-32-38-24(16-47-32)30(45)36-22(12-20-8-6-5-7-9-20)31-37-23(15-46-31)29(44)33-10-11-40(14-25(41)39-27)26(42)13-21-18(3)34-19(4)35-28(21)43/h5-9,15-17,22,27H,10-14H2,1-4H3,(H,33,44)(H,36,45)(H,39,41)(H,34,35,43)/t22-,27-/m0/s1. The smallest absolute Gasteiger partial charge is 0.273 e. The van der Waals surface area contributed by atoms with E-state index in [1.54, 1.807) is 19.2 Å². The Morgan fingerprint density at radius 2 is 1.79 bits per heavy atom. The molecule has 4 heterocycles. The summed E-state index contributed by atoms with van der Waals surface area (Å²) in [5.74, 6) is -1.55. The molecule has 1 aliphatic heterocycles. The Bertz CT molecular complexity index is 1830. The molecular weight excluding hydrogens is 624 g/mol. The Kier molecular flexibility index (Phi) is 10.2. The van der Waals surface area contributed by atoms with Crippen molar-refractivity contribution in [3.63, 3.8) is 0 Å². The molecule has 0 aliphatic carbocycles. The highest BCUT2D eigenvalue weighted by Crippen LogP contribution is 2.26. The topological polar surface area (TPSA) is 192 Å². The summed E-state index contributed by atoms with van der Waals surface area (Å²) in [4.78, 5) is 83.0. The minimum Gasteiger partial charge on any atom is -0.446 e. The number of aryl methyl sites for hydroxylation is 2. The van der Waals surface area contributed by atoms with Crippen LogP contribution in [0.1, 0.15) is 80.5 Å². The molecule has 246 valence electrons. The number of carbonyl (C=O) groups is 4. The molecule has 4 aromatic rings. The van der Waals surface area contributed by atoms with Crippen LogP contribution in [0, 0.1) is 19.8 Å². The number of nitrogens with one attached hydrogen (secondary N) is 4. The van der Waals surface area contributed by atoms with Crippen LogP contribution in [0.4, 0.5) is 0 Å². The number of oxazole rings is 1. The van der Waals surface area contributed by atoms with Crippen LogP contribution >= 0.6 is 11.3 Å². The SMILES string of the molecule is Cc1nc(C)c(CC(=O)N2CCNC(=O)c3coc(n3)[C@H](Cc3ccccc3)NC(=O)c3csc(n3)[C@H](C(C)C)NC(=O)C2)c(=O)[nH]1. The summed E-state index contributed by atoms with van der Waals surface area (Å²) < 4.78 is 5.68. The first kappa shape index (κ1) is 33.2. The number of aromatic amines is 1. The van der Waals surface area contributed by atoms with Gasteiger partial charge in [0, 0.05) is 36.1 Å². The molecule has 3 aromatic heterocycles. The maximum Gasteiger partial charge on any atom is 0.273 e. The number of H-pyrrole nitrogens is 1. The van der Waals surface area contributed by atoms with Gasteiger partial charge in [0.2, 0.25) is 17.7 Å². The Morgan fingerprint density at radius 3 is 2.51 bits per heavy atom. The molecule has 4 N–H and O–H groups in total. The van der Waals surface area contributed by atoms with Gasteiger partial charge in [0.25, 0.3) is 17.4 Å². The second-order valence-corrected chi connectivity index (χ2v) is 12.5. The second-order valence-electron chi connectivity index (χ2n) is 11.6. The van der Waals surface area contributed by atoms with Gasteiger partial charge >= 0.3 is 0 Å². The number of carbonyl (C=O) groups excluding carboxylic acids is 4. The summed E-state index contributed by atoms with van der Waals surface area (Å²) in [6.07, 6.45) is 1.25. The molecule has 1 aliphatic rings. The van der Waals surface area contributed by atoms with Crippen LogP contribution in [0.25, 0.3) is 0 Å². The fourth-order valence-electron chi connectivity index (χ4n) is 5.18. The minimum absolute atomic E-state index is 0.0187. The van der Waals surface area contributed by atoms with E-state index in [2.05, 4.69) is 35.9 Å². The van der Waals surface area contributed by atoms with E-state index < -0.39 is 41.3 Å². The molecule has 0 saturated heterocycles. The third-order valence-electron chi connectivity index (χ3n) is 7.67. The van der Waals surface area contributed by atoms with Crippen molar-refractivity contribution in [3.05, 3.63) is 97.3 Å². The lowest BCUT2D eigenvalue weighted by Gasteiger charge is -2.25. The van der Waals surface area contributed by atoms with Crippen molar-refractivity contribution in [1.29, 1.82) is 0 Å².